The molecular formula is C10H16N2OS. The number of carbonyl (C=O) groups excluding carboxylic acids is 1. The van der Waals surface area contributed by atoms with Crippen LogP contribution in [0.5, 0.6) is 0 Å². The monoisotopic (exact) mass is 212 g/mol. The minimum atomic E-state index is -0.479. The topological polar surface area (TPSA) is 52.9 Å². The molecule has 1 N–H and O–H groups in total. The molecule has 0 heterocycles. The molecule has 0 spiro atoms. The van der Waals surface area contributed by atoms with Crippen LogP contribution in [0.3, 0.4) is 0 Å². The van der Waals surface area contributed by atoms with E-state index < -0.39 is 5.92 Å². The van der Waals surface area contributed by atoms with Gasteiger partial charge in [0.25, 0.3) is 0 Å². The number of hydrogen-bond acceptors (Lipinski definition) is 3. The van der Waals surface area contributed by atoms with Gasteiger partial charge in [-0.25, -0.2) is 0 Å². The van der Waals surface area contributed by atoms with Crippen molar-refractivity contribution in [2.24, 2.45) is 5.92 Å². The van der Waals surface area contributed by atoms with Crippen LogP contribution in [0.4, 0.5) is 0 Å². The van der Waals surface area contributed by atoms with Crippen molar-refractivity contribution >= 4 is 17.7 Å². The molecule has 0 radical (unpaired) electrons. The summed E-state index contributed by atoms with van der Waals surface area (Å²) in [5.41, 5.74) is 0. The number of nitriles is 1. The van der Waals surface area contributed by atoms with Crippen molar-refractivity contribution < 1.29 is 4.79 Å². The highest BCUT2D eigenvalue weighted by molar-refractivity contribution is 8.00. The number of rotatable bonds is 5. The van der Waals surface area contributed by atoms with Crippen LogP contribution in [0.1, 0.15) is 26.2 Å². The van der Waals surface area contributed by atoms with Crippen LogP contribution in [0.25, 0.3) is 0 Å². The number of thioether (sulfide) groups is 1. The zero-order valence-electron chi connectivity index (χ0n) is 8.67. The van der Waals surface area contributed by atoms with Crippen LogP contribution in [0.15, 0.2) is 0 Å². The van der Waals surface area contributed by atoms with E-state index in [2.05, 4.69) is 11.6 Å². The van der Waals surface area contributed by atoms with Crippen molar-refractivity contribution in [3.63, 3.8) is 0 Å². The second-order valence-corrected chi connectivity index (χ2v) is 4.97. The van der Waals surface area contributed by atoms with Crippen molar-refractivity contribution in [2.45, 2.75) is 30.9 Å². The number of amides is 1. The van der Waals surface area contributed by atoms with E-state index in [-0.39, 0.29) is 10.7 Å². The van der Waals surface area contributed by atoms with E-state index in [0.29, 0.717) is 13.0 Å². The normalized spacial score (nSPS) is 19.5. The molecule has 1 fully saturated rings. The highest BCUT2D eigenvalue weighted by Crippen LogP contribution is 2.46. The van der Waals surface area contributed by atoms with Gasteiger partial charge in [-0.2, -0.15) is 17.0 Å². The SMILES string of the molecule is CCC(C#N)C(=O)NCC1(SC)CC1. The molecule has 1 unspecified atom stereocenters. The van der Waals surface area contributed by atoms with Crippen molar-refractivity contribution in [3.05, 3.63) is 0 Å². The fourth-order valence-electron chi connectivity index (χ4n) is 1.30. The van der Waals surface area contributed by atoms with Gasteiger partial charge in [-0.1, -0.05) is 6.92 Å². The van der Waals surface area contributed by atoms with E-state index in [4.69, 9.17) is 5.26 Å². The minimum absolute atomic E-state index is 0.115. The maximum atomic E-state index is 11.5. The third-order valence-corrected chi connectivity index (χ3v) is 4.12. The summed E-state index contributed by atoms with van der Waals surface area (Å²) in [5.74, 6) is -0.594. The number of nitrogens with one attached hydrogen (secondary N) is 1. The zero-order chi connectivity index (χ0) is 10.6. The summed E-state index contributed by atoms with van der Waals surface area (Å²) >= 11 is 1.81. The Balaban J connectivity index is 2.31. The van der Waals surface area contributed by atoms with Gasteiger partial charge in [-0.15, -0.1) is 0 Å². The third kappa shape index (κ3) is 2.65. The average Bonchev–Trinajstić information content (AvgIpc) is 2.97. The largest absolute Gasteiger partial charge is 0.354 e. The van der Waals surface area contributed by atoms with Gasteiger partial charge in [-0.3, -0.25) is 4.79 Å². The summed E-state index contributed by atoms with van der Waals surface area (Å²) in [7, 11) is 0. The minimum Gasteiger partial charge on any atom is -0.354 e. The standard InChI is InChI=1S/C10H16N2OS/c1-3-8(6-11)9(13)12-7-10(14-2)4-5-10/h8H,3-5,7H2,1-2H3,(H,12,13). The highest BCUT2D eigenvalue weighted by Gasteiger charge is 2.42. The van der Waals surface area contributed by atoms with Gasteiger partial charge in [0.15, 0.2) is 0 Å². The Bertz CT molecular complexity index is 255. The van der Waals surface area contributed by atoms with Crippen LogP contribution in [-0.4, -0.2) is 23.5 Å². The van der Waals surface area contributed by atoms with Crippen LogP contribution >= 0.6 is 11.8 Å². The maximum Gasteiger partial charge on any atom is 0.237 e. The number of hydrogen-bond donors (Lipinski definition) is 1. The molecular weight excluding hydrogens is 196 g/mol. The Labute approximate surface area is 89.2 Å². The number of carbonyl (C=O) groups is 1. The Morgan fingerprint density at radius 2 is 2.36 bits per heavy atom. The fraction of sp³-hybridized carbons (Fsp3) is 0.800. The molecule has 4 heteroatoms. The van der Waals surface area contributed by atoms with Gasteiger partial charge >= 0.3 is 0 Å². The Hall–Kier alpha value is -0.690. The molecule has 0 aromatic heterocycles. The van der Waals surface area contributed by atoms with Crippen molar-refractivity contribution in [1.82, 2.24) is 5.32 Å². The first-order valence-electron chi connectivity index (χ1n) is 4.90. The molecule has 3 nitrogen and oxygen atoms in total. The van der Waals surface area contributed by atoms with Crippen molar-refractivity contribution in [3.8, 4) is 6.07 Å². The molecule has 0 aliphatic heterocycles. The smallest absolute Gasteiger partial charge is 0.237 e. The van der Waals surface area contributed by atoms with Crippen molar-refractivity contribution in [2.75, 3.05) is 12.8 Å². The van der Waals surface area contributed by atoms with Crippen LogP contribution in [0.2, 0.25) is 0 Å². The Morgan fingerprint density at radius 3 is 2.71 bits per heavy atom. The first-order valence-corrected chi connectivity index (χ1v) is 6.12. The van der Waals surface area contributed by atoms with Crippen molar-refractivity contribution in [1.29, 1.82) is 5.26 Å². The van der Waals surface area contributed by atoms with Gasteiger partial charge in [0.1, 0.15) is 5.92 Å². The van der Waals surface area contributed by atoms with Crippen LogP contribution in [0, 0.1) is 17.2 Å². The molecule has 1 rings (SSSR count). The van der Waals surface area contributed by atoms with E-state index in [0.717, 1.165) is 0 Å². The second kappa shape index (κ2) is 4.70. The van der Waals surface area contributed by atoms with E-state index >= 15 is 0 Å². The van der Waals surface area contributed by atoms with E-state index in [1.165, 1.54) is 12.8 Å². The molecule has 1 aliphatic rings. The van der Waals surface area contributed by atoms with Gasteiger partial charge in [-0.05, 0) is 25.5 Å². The Morgan fingerprint density at radius 1 is 1.71 bits per heavy atom. The van der Waals surface area contributed by atoms with Gasteiger partial charge in [0.05, 0.1) is 6.07 Å². The maximum absolute atomic E-state index is 11.5. The van der Waals surface area contributed by atoms with Crippen LogP contribution in [-0.2, 0) is 4.79 Å². The summed E-state index contributed by atoms with van der Waals surface area (Å²) < 4.78 is 0.281. The molecule has 1 aliphatic carbocycles. The molecule has 1 saturated carbocycles. The first kappa shape index (κ1) is 11.4. The average molecular weight is 212 g/mol. The lowest BCUT2D eigenvalue weighted by atomic mass is 10.1. The molecule has 0 aromatic carbocycles. The molecule has 1 atom stereocenters. The lowest BCUT2D eigenvalue weighted by Crippen LogP contribution is -2.35. The van der Waals surface area contributed by atoms with Gasteiger partial charge in [0, 0.05) is 11.3 Å². The van der Waals surface area contributed by atoms with Gasteiger partial charge in [0.2, 0.25) is 5.91 Å². The summed E-state index contributed by atoms with van der Waals surface area (Å²) in [5, 5.41) is 11.5. The molecule has 0 bridgehead atoms. The third-order valence-electron chi connectivity index (χ3n) is 2.71. The summed E-state index contributed by atoms with van der Waals surface area (Å²) in [6.45, 7) is 2.57. The highest BCUT2D eigenvalue weighted by atomic mass is 32.2. The van der Waals surface area contributed by atoms with E-state index in [9.17, 15) is 4.79 Å². The summed E-state index contributed by atoms with van der Waals surface area (Å²) in [4.78, 5) is 11.5. The lowest BCUT2D eigenvalue weighted by molar-refractivity contribution is -0.123. The number of nitrogens with zero attached hydrogens (tertiary/aromatic N) is 1. The predicted octanol–water partition coefficient (Wildman–Crippen LogP) is 1.55. The molecule has 0 aromatic rings. The molecule has 78 valence electrons. The predicted molar refractivity (Wildman–Crippen MR) is 57.9 cm³/mol. The van der Waals surface area contributed by atoms with E-state index in [1.54, 1.807) is 0 Å². The lowest BCUT2D eigenvalue weighted by Gasteiger charge is -2.14. The summed E-state index contributed by atoms with van der Waals surface area (Å²) in [6, 6.07) is 2.01. The van der Waals surface area contributed by atoms with Gasteiger partial charge < -0.3 is 5.32 Å². The molecule has 0 saturated heterocycles. The first-order chi connectivity index (χ1) is 6.67. The fourth-order valence-corrected chi connectivity index (χ4v) is 2.03. The quantitative estimate of drug-likeness (QED) is 0.752. The molecule has 1 amide bonds. The van der Waals surface area contributed by atoms with E-state index in [1.807, 2.05) is 24.8 Å². The summed E-state index contributed by atoms with van der Waals surface area (Å²) in [6.07, 6.45) is 5.02. The Kier molecular flexibility index (Phi) is 3.82. The second-order valence-electron chi connectivity index (χ2n) is 3.69. The zero-order valence-corrected chi connectivity index (χ0v) is 9.49. The van der Waals surface area contributed by atoms with Crippen LogP contribution < -0.4 is 5.32 Å². The molecule has 14 heavy (non-hydrogen) atoms.